The van der Waals surface area contributed by atoms with Crippen LogP contribution < -0.4 is 5.32 Å². The minimum Gasteiger partial charge on any atom is -0.395 e. The molecule has 0 fully saturated rings. The van der Waals surface area contributed by atoms with E-state index in [1.165, 1.54) is 24.3 Å². The Bertz CT molecular complexity index is 1030. The molecule has 0 heterocycles. The number of hydrogen-bond donors (Lipinski definition) is 4. The third-order valence-electron chi connectivity index (χ3n) is 5.58. The van der Waals surface area contributed by atoms with Gasteiger partial charge in [0, 0.05) is 18.7 Å². The van der Waals surface area contributed by atoms with Gasteiger partial charge in [-0.3, -0.25) is 10.1 Å². The van der Waals surface area contributed by atoms with Gasteiger partial charge in [0.25, 0.3) is 5.69 Å². The van der Waals surface area contributed by atoms with E-state index in [0.29, 0.717) is 5.56 Å². The van der Waals surface area contributed by atoms with Gasteiger partial charge in [0.05, 0.1) is 36.4 Å². The first-order valence-corrected chi connectivity index (χ1v) is 11.1. The second-order valence-electron chi connectivity index (χ2n) is 8.18. The second-order valence-corrected chi connectivity index (χ2v) is 8.18. The first kappa shape index (κ1) is 25.5. The van der Waals surface area contributed by atoms with E-state index >= 15 is 0 Å². The molecule has 0 saturated heterocycles. The van der Waals surface area contributed by atoms with Crippen molar-refractivity contribution >= 4 is 5.69 Å². The third-order valence-corrected chi connectivity index (χ3v) is 5.58. The third kappa shape index (κ3) is 6.93. The molecular weight excluding hydrogens is 436 g/mol. The van der Waals surface area contributed by atoms with Gasteiger partial charge in [-0.25, -0.2) is 0 Å². The highest BCUT2D eigenvalue weighted by molar-refractivity contribution is 5.34. The summed E-state index contributed by atoms with van der Waals surface area (Å²) in [5, 5.41) is 44.5. The van der Waals surface area contributed by atoms with Crippen molar-refractivity contribution in [1.82, 2.24) is 5.32 Å². The minimum atomic E-state index is -1.11. The van der Waals surface area contributed by atoms with Crippen molar-refractivity contribution < 1.29 is 25.0 Å². The summed E-state index contributed by atoms with van der Waals surface area (Å²) in [6.45, 7) is 1.74. The summed E-state index contributed by atoms with van der Waals surface area (Å²) >= 11 is 0. The molecule has 34 heavy (non-hydrogen) atoms. The summed E-state index contributed by atoms with van der Waals surface area (Å²) in [6, 6.07) is 22.5. The van der Waals surface area contributed by atoms with Gasteiger partial charge in [0.2, 0.25) is 0 Å². The van der Waals surface area contributed by atoms with Crippen LogP contribution in [0.2, 0.25) is 0 Å². The van der Waals surface area contributed by atoms with Crippen molar-refractivity contribution in [2.75, 3.05) is 19.8 Å². The van der Waals surface area contributed by atoms with E-state index in [1.54, 1.807) is 0 Å². The SMILES string of the molecule is Cc1ccc([C@@H](OC[C@@H](O)CN[C@@H](CO)[C@H](O)c2ccc([N+](=O)[O-])cc2)c2ccccc2)cc1. The van der Waals surface area contributed by atoms with Crippen LogP contribution in [0.15, 0.2) is 78.9 Å². The zero-order valence-electron chi connectivity index (χ0n) is 18.9. The zero-order valence-corrected chi connectivity index (χ0v) is 18.9. The van der Waals surface area contributed by atoms with Crippen LogP contribution in [0, 0.1) is 17.0 Å². The number of nitrogens with one attached hydrogen (secondary N) is 1. The molecular formula is C26H30N2O6. The van der Waals surface area contributed by atoms with Gasteiger partial charge < -0.3 is 25.4 Å². The van der Waals surface area contributed by atoms with Crippen molar-refractivity contribution in [3.8, 4) is 0 Å². The fourth-order valence-corrected chi connectivity index (χ4v) is 3.61. The lowest BCUT2D eigenvalue weighted by Gasteiger charge is -2.25. The Kier molecular flexibility index (Phi) is 9.26. The van der Waals surface area contributed by atoms with E-state index in [-0.39, 0.29) is 31.5 Å². The number of rotatable bonds is 12. The number of hydrogen-bond acceptors (Lipinski definition) is 7. The number of aliphatic hydroxyl groups excluding tert-OH is 3. The number of nitro groups is 1. The second kappa shape index (κ2) is 12.4. The van der Waals surface area contributed by atoms with E-state index in [9.17, 15) is 25.4 Å². The highest BCUT2D eigenvalue weighted by Crippen LogP contribution is 2.26. The lowest BCUT2D eigenvalue weighted by atomic mass is 10.0. The van der Waals surface area contributed by atoms with Crippen LogP contribution in [0.5, 0.6) is 0 Å². The highest BCUT2D eigenvalue weighted by Gasteiger charge is 2.22. The monoisotopic (exact) mass is 466 g/mol. The Morgan fingerprint density at radius 3 is 2.09 bits per heavy atom. The molecule has 0 amide bonds. The van der Waals surface area contributed by atoms with Crippen LogP contribution in [0.3, 0.4) is 0 Å². The van der Waals surface area contributed by atoms with Crippen molar-refractivity contribution in [1.29, 1.82) is 0 Å². The minimum absolute atomic E-state index is 0.0339. The normalized spacial score (nSPS) is 14.8. The molecule has 4 N–H and O–H groups in total. The number of aliphatic hydroxyl groups is 3. The van der Waals surface area contributed by atoms with Gasteiger partial charge in [-0.1, -0.05) is 60.2 Å². The summed E-state index contributed by atoms with van der Waals surface area (Å²) in [5.41, 5.74) is 3.42. The van der Waals surface area contributed by atoms with Crippen molar-refractivity contribution in [2.45, 2.75) is 31.3 Å². The standard InChI is InChI=1S/C26H30N2O6/c1-18-7-9-21(10-8-18)26(20-5-3-2-4-6-20)34-17-23(30)15-27-24(16-29)25(31)19-11-13-22(14-12-19)28(32)33/h2-14,23-27,29-31H,15-17H2,1H3/t23-,24-,25+,26-/m0/s1. The average Bonchev–Trinajstić information content (AvgIpc) is 2.86. The van der Waals surface area contributed by atoms with Crippen LogP contribution >= 0.6 is 0 Å². The van der Waals surface area contributed by atoms with E-state index in [0.717, 1.165) is 16.7 Å². The zero-order chi connectivity index (χ0) is 24.5. The number of non-ortho nitro benzene ring substituents is 1. The van der Waals surface area contributed by atoms with Crippen LogP contribution in [-0.2, 0) is 4.74 Å². The molecule has 0 radical (unpaired) electrons. The van der Waals surface area contributed by atoms with Gasteiger partial charge in [-0.15, -0.1) is 0 Å². The molecule has 0 spiro atoms. The number of nitro benzene ring substituents is 1. The average molecular weight is 467 g/mol. The van der Waals surface area contributed by atoms with Gasteiger partial charge in [-0.2, -0.15) is 0 Å². The van der Waals surface area contributed by atoms with Crippen LogP contribution in [0.25, 0.3) is 0 Å². The van der Waals surface area contributed by atoms with Gasteiger partial charge >= 0.3 is 0 Å². The molecule has 3 aromatic carbocycles. The molecule has 4 atom stereocenters. The maximum absolute atomic E-state index is 10.8. The molecule has 0 aliphatic heterocycles. The summed E-state index contributed by atoms with van der Waals surface area (Å²) in [5.74, 6) is 0. The number of benzene rings is 3. The molecule has 0 saturated carbocycles. The molecule has 0 aromatic heterocycles. The number of nitrogens with zero attached hydrogens (tertiary/aromatic N) is 1. The van der Waals surface area contributed by atoms with E-state index < -0.39 is 23.2 Å². The maximum Gasteiger partial charge on any atom is 0.269 e. The molecule has 0 aliphatic rings. The van der Waals surface area contributed by atoms with Gasteiger partial charge in [0.15, 0.2) is 0 Å². The predicted octanol–water partition coefficient (Wildman–Crippen LogP) is 3.05. The summed E-state index contributed by atoms with van der Waals surface area (Å²) in [6.07, 6.45) is -2.35. The van der Waals surface area contributed by atoms with Crippen LogP contribution in [-0.4, -0.2) is 52.1 Å². The number of aryl methyl sites for hydroxylation is 1. The lowest BCUT2D eigenvalue weighted by Crippen LogP contribution is -2.43. The maximum atomic E-state index is 10.8. The van der Waals surface area contributed by atoms with Crippen molar-refractivity contribution in [3.63, 3.8) is 0 Å². The Hall–Kier alpha value is -3.14. The fourth-order valence-electron chi connectivity index (χ4n) is 3.61. The van der Waals surface area contributed by atoms with Crippen molar-refractivity contribution in [2.24, 2.45) is 0 Å². The Morgan fingerprint density at radius 1 is 0.912 bits per heavy atom. The Morgan fingerprint density at radius 2 is 1.50 bits per heavy atom. The van der Waals surface area contributed by atoms with Crippen molar-refractivity contribution in [3.05, 3.63) is 111 Å². The largest absolute Gasteiger partial charge is 0.395 e. The van der Waals surface area contributed by atoms with Crippen LogP contribution in [0.4, 0.5) is 5.69 Å². The molecule has 180 valence electrons. The first-order valence-electron chi connectivity index (χ1n) is 11.1. The summed E-state index contributed by atoms with van der Waals surface area (Å²) < 4.78 is 6.08. The quantitative estimate of drug-likeness (QED) is 0.239. The van der Waals surface area contributed by atoms with Gasteiger partial charge in [0.1, 0.15) is 6.10 Å². The first-order chi connectivity index (χ1) is 16.4. The molecule has 3 aromatic rings. The Labute approximate surface area is 198 Å². The smallest absolute Gasteiger partial charge is 0.269 e. The topological polar surface area (TPSA) is 125 Å². The molecule has 3 rings (SSSR count). The number of ether oxygens (including phenoxy) is 1. The summed E-state index contributed by atoms with van der Waals surface area (Å²) in [4.78, 5) is 10.3. The van der Waals surface area contributed by atoms with E-state index in [4.69, 9.17) is 4.74 Å². The fraction of sp³-hybridized carbons (Fsp3) is 0.308. The predicted molar refractivity (Wildman–Crippen MR) is 128 cm³/mol. The molecule has 0 unspecified atom stereocenters. The highest BCUT2D eigenvalue weighted by atomic mass is 16.6. The molecule has 8 heteroatoms. The lowest BCUT2D eigenvalue weighted by molar-refractivity contribution is -0.384. The molecule has 8 nitrogen and oxygen atoms in total. The molecule has 0 bridgehead atoms. The van der Waals surface area contributed by atoms with Gasteiger partial charge in [-0.05, 0) is 35.7 Å². The van der Waals surface area contributed by atoms with E-state index in [1.807, 2.05) is 61.5 Å². The van der Waals surface area contributed by atoms with Crippen LogP contribution in [0.1, 0.15) is 34.5 Å². The molecule has 0 aliphatic carbocycles. The Balaban J connectivity index is 1.59. The summed E-state index contributed by atoms with van der Waals surface area (Å²) in [7, 11) is 0. The van der Waals surface area contributed by atoms with E-state index in [2.05, 4.69) is 5.32 Å².